The minimum absolute atomic E-state index is 0.614. The number of aromatic nitrogens is 4. The first-order chi connectivity index (χ1) is 26.8. The van der Waals surface area contributed by atoms with E-state index in [0.29, 0.717) is 17.6 Å². The lowest BCUT2D eigenvalue weighted by molar-refractivity contribution is 0.896. The number of benzene rings is 7. The molecule has 0 saturated heterocycles. The summed E-state index contributed by atoms with van der Waals surface area (Å²) in [4.78, 5) is 15.6. The number of fused-ring (bicyclic) bond motifs is 8. The summed E-state index contributed by atoms with van der Waals surface area (Å²) >= 11 is 1.87. The predicted octanol–water partition coefficient (Wildman–Crippen LogP) is 12.7. The predicted molar refractivity (Wildman–Crippen MR) is 225 cm³/mol. The summed E-state index contributed by atoms with van der Waals surface area (Å²) in [6.07, 6.45) is 4.29. The molecule has 0 amide bonds. The van der Waals surface area contributed by atoms with Crippen LogP contribution in [0.5, 0.6) is 0 Å². The van der Waals surface area contributed by atoms with Crippen molar-refractivity contribution >= 4 is 58.8 Å². The van der Waals surface area contributed by atoms with Crippen molar-refractivity contribution in [2.75, 3.05) is 0 Å². The van der Waals surface area contributed by atoms with E-state index in [4.69, 9.17) is 15.0 Å². The van der Waals surface area contributed by atoms with Gasteiger partial charge >= 0.3 is 0 Å². The smallest absolute Gasteiger partial charge is 0.238 e. The van der Waals surface area contributed by atoms with Gasteiger partial charge in [-0.3, -0.25) is 4.57 Å². The van der Waals surface area contributed by atoms with Gasteiger partial charge in [0.2, 0.25) is 5.95 Å². The second kappa shape index (κ2) is 12.5. The first kappa shape index (κ1) is 30.9. The van der Waals surface area contributed by atoms with E-state index in [-0.39, 0.29) is 0 Å². The monoisotopic (exact) mass is 708 g/mol. The Balaban J connectivity index is 1.17. The van der Waals surface area contributed by atoms with Gasteiger partial charge in [-0.25, -0.2) is 4.98 Å². The summed E-state index contributed by atoms with van der Waals surface area (Å²) in [5, 5.41) is 6.36. The van der Waals surface area contributed by atoms with Gasteiger partial charge in [-0.15, -0.1) is 11.3 Å². The van der Waals surface area contributed by atoms with E-state index in [9.17, 15) is 0 Å². The average molecular weight is 709 g/mol. The summed E-state index contributed by atoms with van der Waals surface area (Å²) in [5.74, 6) is 1.91. The average Bonchev–Trinajstić information content (AvgIpc) is 3.81. The summed E-state index contributed by atoms with van der Waals surface area (Å²) in [6, 6.07) is 58.2. The zero-order chi connectivity index (χ0) is 35.6. The van der Waals surface area contributed by atoms with Gasteiger partial charge in [-0.05, 0) is 64.1 Å². The number of nitrogens with zero attached hydrogens (tertiary/aromatic N) is 4. The summed E-state index contributed by atoms with van der Waals surface area (Å²) in [6.45, 7) is 0. The van der Waals surface area contributed by atoms with Crippen LogP contribution in [0.4, 0.5) is 0 Å². The minimum atomic E-state index is 0.614. The first-order valence-corrected chi connectivity index (χ1v) is 19.2. The molecule has 254 valence electrons. The Morgan fingerprint density at radius 1 is 0.519 bits per heavy atom. The van der Waals surface area contributed by atoms with Gasteiger partial charge < -0.3 is 0 Å². The molecule has 1 aliphatic rings. The molecule has 0 N–H and O–H groups in total. The SMILES string of the molecule is C1=C(c2cccc(-c3cccc4c3sc3ccccc34)c2)c2c(c3c4ccccc4ccc3n2-c2nc(-c3ccccc3)nc(-c3ccccc3)n2)CC1. The number of allylic oxidation sites excluding steroid dienone is 1. The van der Waals surface area contributed by atoms with Gasteiger partial charge in [0.1, 0.15) is 0 Å². The van der Waals surface area contributed by atoms with Crippen LogP contribution in [0.25, 0.3) is 87.3 Å². The van der Waals surface area contributed by atoms with Crippen LogP contribution >= 0.6 is 11.3 Å². The molecule has 0 spiro atoms. The van der Waals surface area contributed by atoms with Crippen LogP contribution in [0.3, 0.4) is 0 Å². The third-order valence-corrected chi connectivity index (χ3v) is 12.0. The largest absolute Gasteiger partial charge is 0.277 e. The maximum Gasteiger partial charge on any atom is 0.238 e. The Morgan fingerprint density at radius 2 is 1.17 bits per heavy atom. The lowest BCUT2D eigenvalue weighted by Crippen LogP contribution is -2.11. The molecule has 10 aromatic rings. The topological polar surface area (TPSA) is 43.6 Å². The van der Waals surface area contributed by atoms with Crippen molar-refractivity contribution in [2.24, 2.45) is 0 Å². The molecular weight excluding hydrogens is 677 g/mol. The molecule has 3 heterocycles. The zero-order valence-electron chi connectivity index (χ0n) is 29.3. The van der Waals surface area contributed by atoms with E-state index >= 15 is 0 Å². The summed E-state index contributed by atoms with van der Waals surface area (Å²) in [5.41, 5.74) is 10.3. The van der Waals surface area contributed by atoms with E-state index in [2.05, 4.69) is 138 Å². The van der Waals surface area contributed by atoms with Crippen molar-refractivity contribution in [1.82, 2.24) is 19.5 Å². The molecule has 1 aliphatic carbocycles. The molecule has 0 aliphatic heterocycles. The van der Waals surface area contributed by atoms with Gasteiger partial charge in [0.25, 0.3) is 0 Å². The Hall–Kier alpha value is -6.69. The minimum Gasteiger partial charge on any atom is -0.277 e. The van der Waals surface area contributed by atoms with Crippen molar-refractivity contribution < 1.29 is 0 Å². The number of thiophene rings is 1. The fourth-order valence-electron chi connectivity index (χ4n) is 8.31. The molecular formula is C49H32N4S. The normalized spacial score (nSPS) is 12.8. The van der Waals surface area contributed by atoms with Crippen LogP contribution in [-0.4, -0.2) is 19.5 Å². The molecule has 0 saturated carbocycles. The van der Waals surface area contributed by atoms with E-state index in [0.717, 1.165) is 35.2 Å². The van der Waals surface area contributed by atoms with Gasteiger partial charge in [0, 0.05) is 42.3 Å². The highest BCUT2D eigenvalue weighted by atomic mass is 32.1. The van der Waals surface area contributed by atoms with Crippen LogP contribution in [0.1, 0.15) is 23.2 Å². The van der Waals surface area contributed by atoms with E-state index in [1.54, 1.807) is 0 Å². The fourth-order valence-corrected chi connectivity index (χ4v) is 9.55. The fraction of sp³-hybridized carbons (Fsp3) is 0.0408. The molecule has 54 heavy (non-hydrogen) atoms. The van der Waals surface area contributed by atoms with Gasteiger partial charge in [0.05, 0.1) is 11.2 Å². The van der Waals surface area contributed by atoms with E-state index < -0.39 is 0 Å². The van der Waals surface area contributed by atoms with Crippen LogP contribution in [-0.2, 0) is 6.42 Å². The van der Waals surface area contributed by atoms with E-state index in [1.807, 2.05) is 47.7 Å². The molecule has 7 aromatic carbocycles. The Bertz CT molecular complexity index is 3040. The number of hydrogen-bond acceptors (Lipinski definition) is 4. The van der Waals surface area contributed by atoms with Crippen molar-refractivity contribution in [3.63, 3.8) is 0 Å². The maximum atomic E-state index is 5.27. The highest BCUT2D eigenvalue weighted by Crippen LogP contribution is 2.45. The van der Waals surface area contributed by atoms with Gasteiger partial charge in [0.15, 0.2) is 11.6 Å². The third kappa shape index (κ3) is 4.93. The molecule has 11 rings (SSSR count). The first-order valence-electron chi connectivity index (χ1n) is 18.4. The second-order valence-corrected chi connectivity index (χ2v) is 14.9. The van der Waals surface area contributed by atoms with Crippen LogP contribution in [0.2, 0.25) is 0 Å². The lowest BCUT2D eigenvalue weighted by Gasteiger charge is -2.20. The van der Waals surface area contributed by atoms with Gasteiger partial charge in [-0.2, -0.15) is 9.97 Å². The maximum absolute atomic E-state index is 5.27. The number of aryl methyl sites for hydroxylation is 1. The lowest BCUT2D eigenvalue weighted by atomic mass is 9.88. The number of rotatable bonds is 5. The highest BCUT2D eigenvalue weighted by molar-refractivity contribution is 7.26. The second-order valence-electron chi connectivity index (χ2n) is 13.9. The van der Waals surface area contributed by atoms with Gasteiger partial charge in [-0.1, -0.05) is 152 Å². The molecule has 0 unspecified atom stereocenters. The zero-order valence-corrected chi connectivity index (χ0v) is 30.1. The molecule has 5 heteroatoms. The summed E-state index contributed by atoms with van der Waals surface area (Å²) in [7, 11) is 0. The van der Waals surface area contributed by atoms with Crippen molar-refractivity contribution in [1.29, 1.82) is 0 Å². The van der Waals surface area contributed by atoms with Crippen molar-refractivity contribution in [3.8, 4) is 39.9 Å². The Kier molecular flexibility index (Phi) is 7.13. The number of hydrogen-bond donors (Lipinski definition) is 0. The summed E-state index contributed by atoms with van der Waals surface area (Å²) < 4.78 is 4.94. The molecule has 0 radical (unpaired) electrons. The van der Waals surface area contributed by atoms with E-state index in [1.165, 1.54) is 64.2 Å². The molecule has 0 atom stereocenters. The standard InChI is InChI=1S/C49H32N4S/c1-3-15-32(16-4-1)47-50-48(33-17-5-2-6-18-33)52-49(51-47)53-42-29-28-31-14-7-8-21-36(31)44(42)41-26-12-23-37(45(41)53)34-19-11-20-35(30-34)38-24-13-25-40-39-22-9-10-27-43(39)54-46(38)40/h1-11,13-25,27-30H,12,26H2. The van der Waals surface area contributed by atoms with Crippen LogP contribution in [0.15, 0.2) is 170 Å². The molecule has 4 nitrogen and oxygen atoms in total. The molecule has 0 fully saturated rings. The quantitative estimate of drug-likeness (QED) is 0.179. The van der Waals surface area contributed by atoms with Crippen LogP contribution < -0.4 is 0 Å². The Labute approximate surface area is 316 Å². The van der Waals surface area contributed by atoms with Crippen molar-refractivity contribution in [3.05, 3.63) is 187 Å². The highest BCUT2D eigenvalue weighted by Gasteiger charge is 2.28. The van der Waals surface area contributed by atoms with Crippen molar-refractivity contribution in [2.45, 2.75) is 12.8 Å². The molecule has 0 bridgehead atoms. The molecule has 3 aromatic heterocycles. The van der Waals surface area contributed by atoms with Crippen LogP contribution in [0, 0.1) is 0 Å². The third-order valence-electron chi connectivity index (χ3n) is 10.7. The Morgan fingerprint density at radius 3 is 1.96 bits per heavy atom.